The highest BCUT2D eigenvalue weighted by Crippen LogP contribution is 2.44. The number of nitrogens with one attached hydrogen (secondary N) is 4. The zero-order chi connectivity index (χ0) is 65.0. The molecule has 0 unspecified atom stereocenters. The average Bonchev–Trinajstić information content (AvgIpc) is 3.54. The van der Waals surface area contributed by atoms with E-state index in [1.54, 1.807) is 31.3 Å². The lowest BCUT2D eigenvalue weighted by Crippen LogP contribution is -2.47. The van der Waals surface area contributed by atoms with Crippen LogP contribution in [0.1, 0.15) is 64.7 Å². The molecule has 4 aromatic carbocycles. The molecule has 34 heteroatoms. The van der Waals surface area contributed by atoms with Gasteiger partial charge in [-0.1, -0.05) is 82.1 Å². The summed E-state index contributed by atoms with van der Waals surface area (Å²) in [6.07, 6.45) is 0.0250. The standard InChI is InChI=1S/C23H21Cl2F2N3O7S.C19H20BrCl2NO4S.C8H18N2.C4H5F2N3O2.B/c1-29(11-5-13(31)6-11)38(34,35)19-9-14(3-4-18(19)36-2)37-22-15(24)7-12(8-16(22)25)30-20(33)10-17(32)21(28-30)23(26)27;1-11-6-13(7-11)23(2)28(24,25)18-10-14(4-5-17(18)26-3)27-19-15(21)8-12(20)9-16(19)22;1-9-7-5-3-4-6-8(7)10-2;5-2(6)1(7)3(10)9-4(8)11;/h3-4,7-9,11,13,23,31H,5-6,10H2,1-2H3;4-5,8-11,13H,6-7H2,1-3H3;7-10H,3-6H2,1-2H3;2,7H,(H3,8,9,10,11);/t;;7-,8-;;/m..1../s1. The number of aliphatic hydroxyl groups is 1. The van der Waals surface area contributed by atoms with Crippen LogP contribution in [0.4, 0.5) is 28.0 Å². The molecule has 481 valence electrons. The summed E-state index contributed by atoms with van der Waals surface area (Å²) in [7, 11) is 2.07. The molecular weight excluding hydrogens is 1360 g/mol. The Morgan fingerprint density at radius 1 is 0.761 bits per heavy atom. The zero-order valence-electron chi connectivity index (χ0n) is 48.3. The van der Waals surface area contributed by atoms with Gasteiger partial charge < -0.3 is 40.4 Å². The van der Waals surface area contributed by atoms with Crippen LogP contribution in [0.25, 0.3) is 0 Å². The van der Waals surface area contributed by atoms with Gasteiger partial charge in [-0.3, -0.25) is 25.1 Å². The number of aliphatic hydroxyl groups excluding tert-OH is 1. The van der Waals surface area contributed by atoms with Crippen LogP contribution in [0.3, 0.4) is 0 Å². The summed E-state index contributed by atoms with van der Waals surface area (Å²) in [5.74, 6) is -2.12. The maximum Gasteiger partial charge on any atom is 0.319 e. The highest BCUT2D eigenvalue weighted by molar-refractivity contribution is 9.10. The van der Waals surface area contributed by atoms with Crippen molar-refractivity contribution in [3.05, 3.63) is 85.2 Å². The van der Waals surface area contributed by atoms with Crippen molar-refractivity contribution in [2.75, 3.05) is 47.4 Å². The molecule has 4 aromatic rings. The number of imide groups is 1. The molecule has 3 fully saturated rings. The predicted molar refractivity (Wildman–Crippen MR) is 330 cm³/mol. The lowest BCUT2D eigenvalue weighted by atomic mass is 9.82. The Balaban J connectivity index is 0.000000287. The summed E-state index contributed by atoms with van der Waals surface area (Å²) in [5.41, 5.74) is 1.79. The van der Waals surface area contributed by atoms with Gasteiger partial charge in [-0.25, -0.2) is 39.2 Å². The fraction of sp³-hybridized carbons (Fsp3) is 0.444. The van der Waals surface area contributed by atoms with E-state index in [-0.39, 0.29) is 74.8 Å². The number of rotatable bonds is 18. The Morgan fingerprint density at radius 3 is 1.55 bits per heavy atom. The summed E-state index contributed by atoms with van der Waals surface area (Å²) < 4.78 is 127. The SMILES string of the molecule is CN[C@@H]1CCCC[C@H]1NC.COc1ccc(Oc2c(Cl)cc(Br)cc2Cl)cc1S(=O)(=O)N(C)C1CC(C)C1.COc1ccc(Oc2c(Cl)cc(N3N=C(C(F)F)C(=O)CC3=O)cc2Cl)cc1S(=O)(=O)N(C)C1CC(O)C1.N=C(C(=O)NC(N)=O)C(F)F.[B]. The van der Waals surface area contributed by atoms with E-state index >= 15 is 0 Å². The van der Waals surface area contributed by atoms with Crippen LogP contribution in [0.15, 0.2) is 80.0 Å². The summed E-state index contributed by atoms with van der Waals surface area (Å²) >= 11 is 28.4. The number of nitrogens with zero attached hydrogens (tertiary/aromatic N) is 4. The Kier molecular flexibility index (Phi) is 28.2. The zero-order valence-corrected chi connectivity index (χ0v) is 54.5. The number of hydrogen-bond acceptors (Lipinski definition) is 17. The quantitative estimate of drug-likeness (QED) is 0.0234. The number of ether oxygens (including phenoxy) is 4. The third-order valence-electron chi connectivity index (χ3n) is 14.1. The van der Waals surface area contributed by atoms with Crippen LogP contribution in [-0.4, -0.2) is 160 Å². The smallest absolute Gasteiger partial charge is 0.319 e. The normalized spacial score (nSPS) is 19.9. The number of Topliss-reactive ketones (excluding diaryl/α,β-unsaturated/α-hetero) is 1. The van der Waals surface area contributed by atoms with E-state index in [0.29, 0.717) is 56.1 Å². The number of sulfonamides is 2. The van der Waals surface area contributed by atoms with Gasteiger partial charge in [0.15, 0.2) is 28.7 Å². The number of carbonyl (C=O) groups excluding carboxylic acids is 4. The van der Waals surface area contributed by atoms with Crippen molar-refractivity contribution >= 4 is 132 Å². The van der Waals surface area contributed by atoms with Crippen LogP contribution in [0.5, 0.6) is 34.5 Å². The fourth-order valence-corrected chi connectivity index (χ4v) is 14.1. The molecule has 0 bridgehead atoms. The van der Waals surface area contributed by atoms with Crippen molar-refractivity contribution in [2.24, 2.45) is 16.8 Å². The van der Waals surface area contributed by atoms with Gasteiger partial charge in [0.2, 0.25) is 20.0 Å². The van der Waals surface area contributed by atoms with Gasteiger partial charge in [0.1, 0.15) is 32.8 Å². The molecule has 8 rings (SSSR count). The van der Waals surface area contributed by atoms with E-state index in [1.807, 2.05) is 0 Å². The first-order valence-electron chi connectivity index (χ1n) is 26.3. The number of ketones is 1. The summed E-state index contributed by atoms with van der Waals surface area (Å²) in [5, 5.41) is 28.3. The third kappa shape index (κ3) is 19.1. The molecule has 3 radical (unpaired) electrons. The number of halogens is 9. The van der Waals surface area contributed by atoms with E-state index in [2.05, 4.69) is 58.4 Å². The molecule has 88 heavy (non-hydrogen) atoms. The Bertz CT molecular complexity index is 3400. The number of amides is 4. The second-order valence-corrected chi connectivity index (χ2v) is 26.5. The van der Waals surface area contributed by atoms with Crippen molar-refractivity contribution in [1.82, 2.24) is 24.6 Å². The molecule has 2 atom stereocenters. The van der Waals surface area contributed by atoms with Crippen LogP contribution in [0, 0.1) is 11.3 Å². The van der Waals surface area contributed by atoms with Gasteiger partial charge in [0, 0.05) is 63.3 Å². The number of nitrogens with two attached hydrogens (primary N) is 1. The minimum absolute atomic E-state index is 0. The topological polar surface area (TPSA) is 302 Å². The predicted octanol–water partition coefficient (Wildman–Crippen LogP) is 9.66. The number of hydrazone groups is 1. The van der Waals surface area contributed by atoms with E-state index in [0.717, 1.165) is 17.1 Å². The van der Waals surface area contributed by atoms with Crippen molar-refractivity contribution in [2.45, 2.75) is 118 Å². The molecule has 4 aliphatic rings. The fourth-order valence-electron chi connectivity index (χ4n) is 9.18. The highest BCUT2D eigenvalue weighted by Gasteiger charge is 2.40. The van der Waals surface area contributed by atoms with Crippen LogP contribution in [0.2, 0.25) is 20.1 Å². The number of anilines is 1. The monoisotopic (exact) mass is 1420 g/mol. The minimum atomic E-state index is -4.04. The second kappa shape index (κ2) is 33.1. The van der Waals surface area contributed by atoms with Gasteiger partial charge in [-0.05, 0) is 107 Å². The molecule has 7 N–H and O–H groups in total. The lowest BCUT2D eigenvalue weighted by Gasteiger charge is -2.38. The first-order valence-corrected chi connectivity index (χ1v) is 31.5. The molecule has 4 amide bonds. The van der Waals surface area contributed by atoms with E-state index < -0.39 is 80.5 Å². The first kappa shape index (κ1) is 75.1. The van der Waals surface area contributed by atoms with E-state index in [1.165, 1.54) is 93.0 Å². The van der Waals surface area contributed by atoms with Crippen molar-refractivity contribution in [3.63, 3.8) is 0 Å². The maximum atomic E-state index is 13.3. The van der Waals surface area contributed by atoms with Gasteiger partial charge in [-0.15, -0.1) is 0 Å². The van der Waals surface area contributed by atoms with E-state index in [9.17, 15) is 58.7 Å². The number of hydrogen-bond donors (Lipinski definition) is 6. The summed E-state index contributed by atoms with van der Waals surface area (Å²) in [6.45, 7) is 2.11. The first-order chi connectivity index (χ1) is 40.8. The molecule has 1 heterocycles. The third-order valence-corrected chi connectivity index (χ3v) is 19.6. The molecule has 0 saturated heterocycles. The lowest BCUT2D eigenvalue weighted by molar-refractivity contribution is -0.124. The van der Waals surface area contributed by atoms with Gasteiger partial charge in [0.05, 0.1) is 52.5 Å². The molecule has 3 aliphatic carbocycles. The molecule has 0 spiro atoms. The number of primary amides is 1. The second-order valence-electron chi connectivity index (χ2n) is 20.0. The maximum absolute atomic E-state index is 13.3. The largest absolute Gasteiger partial charge is 0.495 e. The summed E-state index contributed by atoms with van der Waals surface area (Å²) in [4.78, 5) is 43.9. The van der Waals surface area contributed by atoms with Crippen molar-refractivity contribution in [3.8, 4) is 34.5 Å². The van der Waals surface area contributed by atoms with Crippen LogP contribution in [-0.2, 0) is 34.4 Å². The highest BCUT2D eigenvalue weighted by atomic mass is 79.9. The Labute approximate surface area is 537 Å². The number of urea groups is 1. The summed E-state index contributed by atoms with van der Waals surface area (Å²) in [6, 6.07) is 14.0. The molecule has 22 nitrogen and oxygen atoms in total. The van der Waals surface area contributed by atoms with Gasteiger partial charge >= 0.3 is 6.03 Å². The number of alkyl halides is 4. The molecular formula is C54H64BBrCl4F4N9O13S2. The van der Waals surface area contributed by atoms with Gasteiger partial charge in [-0.2, -0.15) is 18.7 Å². The Hall–Kier alpha value is -5.38. The Morgan fingerprint density at radius 2 is 1.18 bits per heavy atom. The number of benzene rings is 4. The average molecular weight is 1420 g/mol. The van der Waals surface area contributed by atoms with Crippen molar-refractivity contribution in [1.29, 1.82) is 5.41 Å². The number of likely N-dealkylation sites (N-methyl/N-ethyl adjacent to an activating group) is 2. The van der Waals surface area contributed by atoms with E-state index in [4.69, 9.17) is 70.8 Å². The minimum Gasteiger partial charge on any atom is -0.495 e. The van der Waals surface area contributed by atoms with Gasteiger partial charge in [0.25, 0.3) is 24.7 Å². The number of carbonyl (C=O) groups is 4. The number of methoxy groups -OCH3 is 2. The van der Waals surface area contributed by atoms with Crippen LogP contribution >= 0.6 is 62.3 Å². The molecule has 0 aromatic heterocycles. The molecule has 1 aliphatic heterocycles. The van der Waals surface area contributed by atoms with Crippen LogP contribution < -0.4 is 45.6 Å². The molecule has 3 saturated carbocycles. The van der Waals surface area contributed by atoms with Crippen molar-refractivity contribution < 1.29 is 77.6 Å².